The van der Waals surface area contributed by atoms with Gasteiger partial charge in [0.1, 0.15) is 0 Å². The van der Waals surface area contributed by atoms with Crippen LogP contribution in [0.15, 0.2) is 24.3 Å². The average Bonchev–Trinajstić information content (AvgIpc) is 3.08. The zero-order valence-corrected chi connectivity index (χ0v) is 17.4. The van der Waals surface area contributed by atoms with Crippen molar-refractivity contribution in [3.05, 3.63) is 35.5 Å². The number of Topliss-reactive ketones (excluding diaryl/α,β-unsaturated/α-hetero) is 1. The van der Waals surface area contributed by atoms with Crippen molar-refractivity contribution in [3.63, 3.8) is 0 Å². The predicted octanol–water partition coefficient (Wildman–Crippen LogP) is 3.59. The quantitative estimate of drug-likeness (QED) is 0.406. The number of para-hydroxylation sites is 1. The number of aromatic nitrogens is 1. The Bertz CT molecular complexity index is 887. The van der Waals surface area contributed by atoms with Gasteiger partial charge in [-0.3, -0.25) is 14.4 Å². The van der Waals surface area contributed by atoms with Crippen LogP contribution in [0.1, 0.15) is 61.5 Å². The largest absolute Gasteiger partial charge is 0.358 e. The molecule has 1 aliphatic heterocycles. The van der Waals surface area contributed by atoms with Crippen molar-refractivity contribution in [2.24, 2.45) is 5.92 Å². The molecule has 1 saturated heterocycles. The number of hydrogen-bond acceptors (Lipinski definition) is 3. The zero-order chi connectivity index (χ0) is 20.8. The lowest BCUT2D eigenvalue weighted by molar-refractivity contribution is -0.132. The number of unbranched alkanes of at least 4 members (excludes halogenated alkanes) is 3. The van der Waals surface area contributed by atoms with Crippen molar-refractivity contribution in [1.29, 1.82) is 0 Å². The number of nitrogens with one attached hydrogen (secondary N) is 2. The highest BCUT2D eigenvalue weighted by atomic mass is 16.2. The first-order chi connectivity index (χ1) is 14.0. The molecule has 1 fully saturated rings. The van der Waals surface area contributed by atoms with E-state index < -0.39 is 11.7 Å². The van der Waals surface area contributed by atoms with E-state index in [1.54, 1.807) is 4.90 Å². The Hall–Kier alpha value is -2.63. The highest BCUT2D eigenvalue weighted by Crippen LogP contribution is 2.24. The Morgan fingerprint density at radius 2 is 1.97 bits per heavy atom. The maximum absolute atomic E-state index is 13.0. The number of piperidine rings is 1. The maximum Gasteiger partial charge on any atom is 0.295 e. The van der Waals surface area contributed by atoms with E-state index in [4.69, 9.17) is 0 Å². The molecule has 1 aliphatic rings. The van der Waals surface area contributed by atoms with Crippen molar-refractivity contribution in [2.75, 3.05) is 19.6 Å². The smallest absolute Gasteiger partial charge is 0.295 e. The van der Waals surface area contributed by atoms with E-state index in [1.165, 1.54) is 6.42 Å². The number of nitrogens with zero attached hydrogens (tertiary/aromatic N) is 1. The van der Waals surface area contributed by atoms with Gasteiger partial charge in [-0.25, -0.2) is 0 Å². The third-order valence-corrected chi connectivity index (χ3v) is 5.72. The third kappa shape index (κ3) is 4.86. The molecule has 2 aromatic rings. The molecular formula is C23H31N3O3. The van der Waals surface area contributed by atoms with Crippen LogP contribution in [0.3, 0.4) is 0 Å². The van der Waals surface area contributed by atoms with Crippen LogP contribution >= 0.6 is 0 Å². The monoisotopic (exact) mass is 397 g/mol. The second-order valence-electron chi connectivity index (χ2n) is 7.94. The molecule has 2 heterocycles. The first kappa shape index (κ1) is 21.1. The lowest BCUT2D eigenvalue weighted by Gasteiger charge is -2.31. The molecule has 156 valence electrons. The van der Waals surface area contributed by atoms with Crippen molar-refractivity contribution < 1.29 is 14.4 Å². The molecule has 1 aromatic carbocycles. The number of benzene rings is 1. The van der Waals surface area contributed by atoms with Gasteiger partial charge in [0.2, 0.25) is 5.91 Å². The molecule has 0 spiro atoms. The van der Waals surface area contributed by atoms with E-state index in [0.717, 1.165) is 43.0 Å². The van der Waals surface area contributed by atoms with E-state index >= 15 is 0 Å². The fourth-order valence-electron chi connectivity index (χ4n) is 4.10. The molecule has 2 N–H and O–H groups in total. The molecule has 6 heteroatoms. The van der Waals surface area contributed by atoms with Gasteiger partial charge in [0, 0.05) is 36.2 Å². The minimum Gasteiger partial charge on any atom is -0.358 e. The lowest BCUT2D eigenvalue weighted by atomic mass is 9.96. The number of fused-ring (bicyclic) bond motifs is 1. The molecule has 1 atom stereocenters. The van der Waals surface area contributed by atoms with Gasteiger partial charge in [0.15, 0.2) is 0 Å². The molecule has 0 radical (unpaired) electrons. The summed E-state index contributed by atoms with van der Waals surface area (Å²) in [7, 11) is 0. The fraction of sp³-hybridized carbons (Fsp3) is 0.522. The Balaban J connectivity index is 1.62. The standard InChI is InChI=1S/C23H31N3O3/c1-3-4-5-8-13-24-22(28)17-10-9-14-26(15-17)23(29)21(27)20-16(2)25-19-12-7-6-11-18(19)20/h6-7,11-12,17,25H,3-5,8-10,13-15H2,1-2H3,(H,24,28). The number of H-pyrrole nitrogens is 1. The Kier molecular flexibility index (Phi) is 7.07. The van der Waals surface area contributed by atoms with E-state index in [9.17, 15) is 14.4 Å². The van der Waals surface area contributed by atoms with Gasteiger partial charge >= 0.3 is 0 Å². The number of carbonyl (C=O) groups excluding carboxylic acids is 3. The molecule has 6 nitrogen and oxygen atoms in total. The van der Waals surface area contributed by atoms with Crippen LogP contribution in [-0.4, -0.2) is 47.1 Å². The molecule has 2 amide bonds. The number of rotatable bonds is 8. The molecule has 0 bridgehead atoms. The van der Waals surface area contributed by atoms with Gasteiger partial charge in [0.05, 0.1) is 11.5 Å². The number of ketones is 1. The van der Waals surface area contributed by atoms with E-state index in [0.29, 0.717) is 30.9 Å². The summed E-state index contributed by atoms with van der Waals surface area (Å²) in [6.07, 6.45) is 5.93. The fourth-order valence-corrected chi connectivity index (χ4v) is 4.10. The first-order valence-electron chi connectivity index (χ1n) is 10.7. The van der Waals surface area contributed by atoms with Crippen molar-refractivity contribution in [2.45, 2.75) is 52.4 Å². The Morgan fingerprint density at radius 3 is 2.76 bits per heavy atom. The summed E-state index contributed by atoms with van der Waals surface area (Å²) in [4.78, 5) is 43.1. The van der Waals surface area contributed by atoms with Crippen LogP contribution < -0.4 is 5.32 Å². The van der Waals surface area contributed by atoms with Crippen LogP contribution in [0, 0.1) is 12.8 Å². The van der Waals surface area contributed by atoms with Crippen LogP contribution in [0.4, 0.5) is 0 Å². The Labute approximate surface area is 172 Å². The molecule has 29 heavy (non-hydrogen) atoms. The van der Waals surface area contributed by atoms with Gasteiger partial charge in [-0.15, -0.1) is 0 Å². The van der Waals surface area contributed by atoms with Crippen LogP contribution in [0.5, 0.6) is 0 Å². The molecule has 3 rings (SSSR count). The summed E-state index contributed by atoms with van der Waals surface area (Å²) in [5, 5.41) is 3.76. The summed E-state index contributed by atoms with van der Waals surface area (Å²) < 4.78 is 0. The lowest BCUT2D eigenvalue weighted by Crippen LogP contribution is -2.47. The van der Waals surface area contributed by atoms with Gasteiger partial charge in [-0.1, -0.05) is 44.4 Å². The normalized spacial score (nSPS) is 16.8. The average molecular weight is 398 g/mol. The summed E-state index contributed by atoms with van der Waals surface area (Å²) >= 11 is 0. The molecule has 0 saturated carbocycles. The molecular weight excluding hydrogens is 366 g/mol. The van der Waals surface area contributed by atoms with Gasteiger partial charge in [-0.2, -0.15) is 0 Å². The second kappa shape index (κ2) is 9.72. The number of aromatic amines is 1. The van der Waals surface area contributed by atoms with E-state index in [1.807, 2.05) is 31.2 Å². The van der Waals surface area contributed by atoms with Crippen LogP contribution in [-0.2, 0) is 9.59 Å². The second-order valence-corrected chi connectivity index (χ2v) is 7.94. The van der Waals surface area contributed by atoms with E-state index in [-0.39, 0.29) is 11.8 Å². The molecule has 1 unspecified atom stereocenters. The van der Waals surface area contributed by atoms with Crippen molar-refractivity contribution >= 4 is 28.5 Å². The molecule has 1 aromatic heterocycles. The van der Waals surface area contributed by atoms with E-state index in [2.05, 4.69) is 17.2 Å². The minimum atomic E-state index is -0.515. The highest BCUT2D eigenvalue weighted by molar-refractivity contribution is 6.45. The number of likely N-dealkylation sites (tertiary alicyclic amines) is 1. The first-order valence-corrected chi connectivity index (χ1v) is 10.7. The highest BCUT2D eigenvalue weighted by Gasteiger charge is 2.33. The summed E-state index contributed by atoms with van der Waals surface area (Å²) in [6, 6.07) is 7.50. The summed E-state index contributed by atoms with van der Waals surface area (Å²) in [5.41, 5.74) is 1.98. The Morgan fingerprint density at radius 1 is 1.17 bits per heavy atom. The van der Waals surface area contributed by atoms with Crippen molar-refractivity contribution in [3.8, 4) is 0 Å². The summed E-state index contributed by atoms with van der Waals surface area (Å²) in [5.74, 6) is -1.26. The number of aryl methyl sites for hydroxylation is 1. The SMILES string of the molecule is CCCCCCNC(=O)C1CCCN(C(=O)C(=O)c2c(C)[nH]c3ccccc23)C1. The zero-order valence-electron chi connectivity index (χ0n) is 17.4. The minimum absolute atomic E-state index is 0.00489. The topological polar surface area (TPSA) is 82.3 Å². The van der Waals surface area contributed by atoms with Gasteiger partial charge in [0.25, 0.3) is 11.7 Å². The third-order valence-electron chi connectivity index (χ3n) is 5.72. The molecule has 0 aliphatic carbocycles. The van der Waals surface area contributed by atoms with Gasteiger partial charge in [-0.05, 0) is 32.3 Å². The number of carbonyl (C=O) groups is 3. The number of amides is 2. The van der Waals surface area contributed by atoms with Crippen LogP contribution in [0.2, 0.25) is 0 Å². The van der Waals surface area contributed by atoms with Gasteiger partial charge < -0.3 is 15.2 Å². The maximum atomic E-state index is 13.0. The summed E-state index contributed by atoms with van der Waals surface area (Å²) in [6.45, 7) is 5.48. The number of hydrogen-bond donors (Lipinski definition) is 2. The predicted molar refractivity (Wildman–Crippen MR) is 114 cm³/mol. The van der Waals surface area contributed by atoms with Crippen molar-refractivity contribution in [1.82, 2.24) is 15.2 Å². The van der Waals surface area contributed by atoms with Crippen LogP contribution in [0.25, 0.3) is 10.9 Å².